The number of benzene rings is 1. The van der Waals surface area contributed by atoms with E-state index in [1.54, 1.807) is 60.5 Å². The molecule has 4 rings (SSSR count). The van der Waals surface area contributed by atoms with Crippen molar-refractivity contribution in [3.8, 4) is 28.8 Å². The van der Waals surface area contributed by atoms with Gasteiger partial charge in [-0.25, -0.2) is 4.98 Å². The summed E-state index contributed by atoms with van der Waals surface area (Å²) in [4.78, 5) is 21.4. The van der Waals surface area contributed by atoms with Crippen molar-refractivity contribution in [2.45, 2.75) is 25.2 Å². The molecule has 0 spiro atoms. The second kappa shape index (κ2) is 9.74. The minimum atomic E-state index is -0.331. The molecule has 0 saturated carbocycles. The zero-order chi connectivity index (χ0) is 23.4. The van der Waals surface area contributed by atoms with Crippen molar-refractivity contribution in [2.24, 2.45) is 7.05 Å². The van der Waals surface area contributed by atoms with E-state index >= 15 is 0 Å². The first-order valence-corrected chi connectivity index (χ1v) is 11.3. The van der Waals surface area contributed by atoms with Crippen LogP contribution in [0.1, 0.15) is 24.2 Å². The maximum Gasteiger partial charge on any atom is 0.285 e. The molecule has 33 heavy (non-hydrogen) atoms. The quantitative estimate of drug-likeness (QED) is 0.377. The van der Waals surface area contributed by atoms with E-state index in [4.69, 9.17) is 14.0 Å². The van der Waals surface area contributed by atoms with Gasteiger partial charge in [-0.05, 0) is 44.4 Å². The summed E-state index contributed by atoms with van der Waals surface area (Å²) in [6, 6.07) is 10.2. The molecule has 0 atom stereocenters. The van der Waals surface area contributed by atoms with Crippen molar-refractivity contribution in [3.63, 3.8) is 0 Å². The average Bonchev–Trinajstić information content (AvgIpc) is 3.42. The Hall–Kier alpha value is -3.86. The fraction of sp³-hybridized carbons (Fsp3) is 0.227. The Morgan fingerprint density at radius 1 is 1.15 bits per heavy atom. The van der Waals surface area contributed by atoms with E-state index in [0.717, 1.165) is 0 Å². The molecule has 0 unspecified atom stereocenters. The molecule has 0 saturated heterocycles. The Bertz CT molecular complexity index is 1250. The normalized spacial score (nSPS) is 10.9. The highest BCUT2D eigenvalue weighted by atomic mass is 32.2. The van der Waals surface area contributed by atoms with Crippen LogP contribution in [0.15, 0.2) is 58.5 Å². The standard InChI is InChI=1S/C22H22N6O4S/c1-13(2)30-16-9-14(21(29)24-19-7-8-28(3)26-19)10-17(11-16)31-15-5-6-18(23-12-15)20-25-22(33-4)32-27-20/h5-13H,1-4H3,(H,24,26,29). The largest absolute Gasteiger partial charge is 0.491 e. The SMILES string of the molecule is CSc1nc(-c2ccc(Oc3cc(OC(C)C)cc(C(=O)Nc4ccn(C)n4)c3)cn2)no1. The average molecular weight is 467 g/mol. The van der Waals surface area contributed by atoms with Gasteiger partial charge in [-0.1, -0.05) is 16.9 Å². The molecular weight excluding hydrogens is 444 g/mol. The molecule has 11 heteroatoms. The number of anilines is 1. The van der Waals surface area contributed by atoms with Crippen LogP contribution in [0.2, 0.25) is 0 Å². The van der Waals surface area contributed by atoms with Crippen LogP contribution < -0.4 is 14.8 Å². The number of nitrogens with zero attached hydrogens (tertiary/aromatic N) is 5. The van der Waals surface area contributed by atoms with Gasteiger partial charge in [-0.3, -0.25) is 9.48 Å². The maximum absolute atomic E-state index is 12.8. The van der Waals surface area contributed by atoms with Crippen molar-refractivity contribution in [1.29, 1.82) is 0 Å². The number of thioether (sulfide) groups is 1. The van der Waals surface area contributed by atoms with E-state index in [1.165, 1.54) is 11.8 Å². The number of carbonyl (C=O) groups is 1. The van der Waals surface area contributed by atoms with Gasteiger partial charge in [0.1, 0.15) is 22.9 Å². The molecular formula is C22H22N6O4S. The van der Waals surface area contributed by atoms with E-state index in [0.29, 0.717) is 45.4 Å². The molecule has 170 valence electrons. The highest BCUT2D eigenvalue weighted by molar-refractivity contribution is 7.98. The number of amides is 1. The maximum atomic E-state index is 12.8. The molecule has 0 radical (unpaired) electrons. The van der Waals surface area contributed by atoms with Crippen molar-refractivity contribution >= 4 is 23.5 Å². The van der Waals surface area contributed by atoms with Gasteiger partial charge in [0.15, 0.2) is 5.82 Å². The Labute approximate surface area is 194 Å². The van der Waals surface area contributed by atoms with Crippen LogP contribution >= 0.6 is 11.8 Å². The lowest BCUT2D eigenvalue weighted by Gasteiger charge is -2.14. The molecule has 10 nitrogen and oxygen atoms in total. The van der Waals surface area contributed by atoms with Gasteiger partial charge < -0.3 is 19.3 Å². The van der Waals surface area contributed by atoms with E-state index in [-0.39, 0.29) is 12.0 Å². The van der Waals surface area contributed by atoms with Crippen LogP contribution in [0.3, 0.4) is 0 Å². The third-order valence-corrected chi connectivity index (χ3v) is 4.77. The van der Waals surface area contributed by atoms with Crippen LogP contribution in [0, 0.1) is 0 Å². The fourth-order valence-corrected chi connectivity index (χ4v) is 3.17. The smallest absolute Gasteiger partial charge is 0.285 e. The van der Waals surface area contributed by atoms with Gasteiger partial charge >= 0.3 is 0 Å². The lowest BCUT2D eigenvalue weighted by Crippen LogP contribution is -2.13. The molecule has 0 fully saturated rings. The minimum Gasteiger partial charge on any atom is -0.491 e. The first kappa shape index (κ1) is 22.3. The second-order valence-corrected chi connectivity index (χ2v) is 8.02. The van der Waals surface area contributed by atoms with Crippen LogP contribution in [-0.4, -0.2) is 43.2 Å². The Morgan fingerprint density at radius 3 is 2.61 bits per heavy atom. The Morgan fingerprint density at radius 2 is 1.97 bits per heavy atom. The summed E-state index contributed by atoms with van der Waals surface area (Å²) in [5.41, 5.74) is 0.925. The van der Waals surface area contributed by atoms with Crippen molar-refractivity contribution in [2.75, 3.05) is 11.6 Å². The predicted molar refractivity (Wildman–Crippen MR) is 123 cm³/mol. The second-order valence-electron chi connectivity index (χ2n) is 7.26. The number of aryl methyl sites for hydroxylation is 1. The molecule has 4 aromatic rings. The summed E-state index contributed by atoms with van der Waals surface area (Å²) >= 11 is 1.36. The third-order valence-electron chi connectivity index (χ3n) is 4.25. The molecule has 1 aromatic carbocycles. The molecule has 0 aliphatic carbocycles. The van der Waals surface area contributed by atoms with Crippen molar-refractivity contribution in [1.82, 2.24) is 24.9 Å². The Balaban J connectivity index is 1.55. The number of nitrogens with one attached hydrogen (secondary N) is 1. The van der Waals surface area contributed by atoms with Crippen molar-refractivity contribution in [3.05, 3.63) is 54.4 Å². The summed E-state index contributed by atoms with van der Waals surface area (Å²) in [5, 5.41) is 11.3. The molecule has 0 aliphatic heterocycles. The van der Waals surface area contributed by atoms with E-state index in [9.17, 15) is 4.79 Å². The number of rotatable bonds is 8. The van der Waals surface area contributed by atoms with Crippen LogP contribution in [0.25, 0.3) is 11.5 Å². The fourth-order valence-electron chi connectivity index (χ4n) is 2.88. The van der Waals surface area contributed by atoms with Crippen molar-refractivity contribution < 1.29 is 18.8 Å². The van der Waals surface area contributed by atoms with Gasteiger partial charge in [-0.15, -0.1) is 0 Å². The minimum absolute atomic E-state index is 0.0750. The first-order valence-electron chi connectivity index (χ1n) is 10.0. The molecule has 3 heterocycles. The molecule has 0 bridgehead atoms. The molecule has 0 aliphatic rings. The van der Waals surface area contributed by atoms with Gasteiger partial charge in [0.25, 0.3) is 11.1 Å². The number of aromatic nitrogens is 5. The first-order chi connectivity index (χ1) is 15.9. The van der Waals surface area contributed by atoms with Gasteiger partial charge in [-0.2, -0.15) is 10.1 Å². The molecule has 3 aromatic heterocycles. The monoisotopic (exact) mass is 466 g/mol. The third kappa shape index (κ3) is 5.69. The van der Waals surface area contributed by atoms with Gasteiger partial charge in [0.05, 0.1) is 12.3 Å². The number of carbonyl (C=O) groups excluding carboxylic acids is 1. The van der Waals surface area contributed by atoms with Crippen LogP contribution in [0.4, 0.5) is 5.82 Å². The lowest BCUT2D eigenvalue weighted by atomic mass is 10.2. The zero-order valence-corrected chi connectivity index (χ0v) is 19.3. The van der Waals surface area contributed by atoms with E-state index < -0.39 is 0 Å². The van der Waals surface area contributed by atoms with Gasteiger partial charge in [0.2, 0.25) is 5.82 Å². The number of pyridine rings is 1. The van der Waals surface area contributed by atoms with E-state index in [1.807, 2.05) is 20.1 Å². The topological polar surface area (TPSA) is 117 Å². The van der Waals surface area contributed by atoms with Crippen LogP contribution in [0.5, 0.6) is 17.2 Å². The van der Waals surface area contributed by atoms with Gasteiger partial charge in [0, 0.05) is 30.9 Å². The molecule has 1 N–H and O–H groups in total. The summed E-state index contributed by atoms with van der Waals surface area (Å²) in [6.45, 7) is 3.81. The summed E-state index contributed by atoms with van der Waals surface area (Å²) in [6.07, 6.45) is 5.07. The predicted octanol–water partition coefficient (Wildman–Crippen LogP) is 4.42. The number of hydrogen-bond acceptors (Lipinski definition) is 9. The zero-order valence-electron chi connectivity index (χ0n) is 18.5. The molecule has 1 amide bonds. The highest BCUT2D eigenvalue weighted by Gasteiger charge is 2.14. The summed E-state index contributed by atoms with van der Waals surface area (Å²) < 4.78 is 18.5. The Kier molecular flexibility index (Phi) is 6.59. The number of ether oxygens (including phenoxy) is 2. The summed E-state index contributed by atoms with van der Waals surface area (Å²) in [7, 11) is 1.78. The van der Waals surface area contributed by atoms with Crippen LogP contribution in [-0.2, 0) is 7.05 Å². The summed E-state index contributed by atoms with van der Waals surface area (Å²) in [5.74, 6) is 1.93. The number of hydrogen-bond donors (Lipinski definition) is 1. The highest BCUT2D eigenvalue weighted by Crippen LogP contribution is 2.29. The lowest BCUT2D eigenvalue weighted by molar-refractivity contribution is 0.102. The van der Waals surface area contributed by atoms with E-state index in [2.05, 4.69) is 25.5 Å².